The molecule has 0 saturated carbocycles. The number of aromatic nitrogens is 4. The number of nitrogen functional groups attached to an aromatic ring is 1. The van der Waals surface area contributed by atoms with E-state index in [1.165, 1.54) is 6.33 Å². The highest BCUT2D eigenvalue weighted by atomic mass is 16.5. The molecular weight excluding hydrogens is 400 g/mol. The molecule has 32 heavy (non-hydrogen) atoms. The molecule has 3 heterocycles. The summed E-state index contributed by atoms with van der Waals surface area (Å²) >= 11 is 0. The first-order chi connectivity index (χ1) is 15.7. The Balaban J connectivity index is 1.50. The summed E-state index contributed by atoms with van der Waals surface area (Å²) in [6, 6.07) is 17.9. The predicted octanol–water partition coefficient (Wildman–Crippen LogP) is 4.69. The van der Waals surface area contributed by atoms with Gasteiger partial charge < -0.3 is 10.5 Å². The molecule has 1 atom stereocenters. The van der Waals surface area contributed by atoms with E-state index in [9.17, 15) is 0 Å². The van der Waals surface area contributed by atoms with Crippen LogP contribution in [0.3, 0.4) is 0 Å². The van der Waals surface area contributed by atoms with Gasteiger partial charge in [-0.25, -0.2) is 14.6 Å². The van der Waals surface area contributed by atoms with Gasteiger partial charge in [-0.1, -0.05) is 24.3 Å². The number of hydrogen-bond acceptors (Lipinski definition) is 6. The van der Waals surface area contributed by atoms with Gasteiger partial charge >= 0.3 is 0 Å². The van der Waals surface area contributed by atoms with Crippen LogP contribution in [-0.4, -0.2) is 44.3 Å². The van der Waals surface area contributed by atoms with E-state index in [2.05, 4.69) is 21.4 Å². The third-order valence-electron chi connectivity index (χ3n) is 5.84. The standard InChI is InChI=1S/C25H26N6O/c1-2-14-30-15-6-7-19(16-30)31-25-22(24(26)27-17-28-25)23(29-31)18-10-12-21(13-11-18)32-20-8-4-3-5-9-20/h2-5,8-13,17,19H,1,6-7,14-16H2,(H2,26,27,28)/t19-/m1/s1. The van der Waals surface area contributed by atoms with Gasteiger partial charge in [0.2, 0.25) is 0 Å². The number of ether oxygens (including phenoxy) is 1. The minimum Gasteiger partial charge on any atom is -0.457 e. The molecule has 1 saturated heterocycles. The van der Waals surface area contributed by atoms with Gasteiger partial charge in [0.1, 0.15) is 29.3 Å². The fraction of sp³-hybridized carbons (Fsp3) is 0.240. The summed E-state index contributed by atoms with van der Waals surface area (Å²) < 4.78 is 7.96. The van der Waals surface area contributed by atoms with Crippen molar-refractivity contribution in [1.29, 1.82) is 0 Å². The van der Waals surface area contributed by atoms with Crippen molar-refractivity contribution in [3.63, 3.8) is 0 Å². The number of benzene rings is 2. The molecule has 162 valence electrons. The Morgan fingerprint density at radius 2 is 1.84 bits per heavy atom. The maximum Gasteiger partial charge on any atom is 0.164 e. The normalized spacial score (nSPS) is 16.8. The Morgan fingerprint density at radius 1 is 1.06 bits per heavy atom. The zero-order chi connectivity index (χ0) is 21.9. The maximum absolute atomic E-state index is 6.29. The van der Waals surface area contributed by atoms with E-state index in [1.54, 1.807) is 0 Å². The second-order valence-corrected chi connectivity index (χ2v) is 8.03. The fourth-order valence-corrected chi connectivity index (χ4v) is 4.34. The fourth-order valence-electron chi connectivity index (χ4n) is 4.34. The molecule has 0 amide bonds. The molecule has 2 N–H and O–H groups in total. The first-order valence-corrected chi connectivity index (χ1v) is 10.9. The molecule has 1 aliphatic rings. The molecule has 1 aliphatic heterocycles. The van der Waals surface area contributed by atoms with Gasteiger partial charge in [-0.15, -0.1) is 6.58 Å². The lowest BCUT2D eigenvalue weighted by Crippen LogP contribution is -2.37. The van der Waals surface area contributed by atoms with Gasteiger partial charge in [0.25, 0.3) is 0 Å². The highest BCUT2D eigenvalue weighted by Gasteiger charge is 2.26. The lowest BCUT2D eigenvalue weighted by molar-refractivity contribution is 0.188. The summed E-state index contributed by atoms with van der Waals surface area (Å²) in [5.74, 6) is 2.01. The number of nitrogens with zero attached hydrogens (tertiary/aromatic N) is 5. The van der Waals surface area contributed by atoms with Crippen LogP contribution in [0.15, 0.2) is 73.6 Å². The molecule has 0 spiro atoms. The van der Waals surface area contributed by atoms with Crippen molar-refractivity contribution in [1.82, 2.24) is 24.6 Å². The van der Waals surface area contributed by atoms with Gasteiger partial charge in [0.15, 0.2) is 5.65 Å². The van der Waals surface area contributed by atoms with E-state index in [-0.39, 0.29) is 6.04 Å². The number of para-hydroxylation sites is 1. The zero-order valence-electron chi connectivity index (χ0n) is 17.9. The van der Waals surface area contributed by atoms with E-state index in [4.69, 9.17) is 15.6 Å². The maximum atomic E-state index is 6.29. The second-order valence-electron chi connectivity index (χ2n) is 8.03. The van der Waals surface area contributed by atoms with Crippen LogP contribution >= 0.6 is 0 Å². The van der Waals surface area contributed by atoms with Crippen LogP contribution in [0.25, 0.3) is 22.3 Å². The molecule has 0 unspecified atom stereocenters. The summed E-state index contributed by atoms with van der Waals surface area (Å²) in [5.41, 5.74) is 8.82. The number of likely N-dealkylation sites (tertiary alicyclic amines) is 1. The number of rotatable bonds is 6. The van der Waals surface area contributed by atoms with Gasteiger partial charge in [-0.05, 0) is 55.8 Å². The quantitative estimate of drug-likeness (QED) is 0.451. The minimum atomic E-state index is 0.231. The second kappa shape index (κ2) is 8.80. The molecule has 7 heteroatoms. The van der Waals surface area contributed by atoms with Crippen molar-refractivity contribution in [2.24, 2.45) is 0 Å². The van der Waals surface area contributed by atoms with Crippen molar-refractivity contribution < 1.29 is 4.74 Å². The molecular formula is C25H26N6O. The van der Waals surface area contributed by atoms with Crippen LogP contribution in [0.4, 0.5) is 5.82 Å². The van der Waals surface area contributed by atoms with Gasteiger partial charge in [-0.2, -0.15) is 5.10 Å². The van der Waals surface area contributed by atoms with Gasteiger partial charge in [0.05, 0.1) is 11.4 Å². The highest BCUT2D eigenvalue weighted by Crippen LogP contribution is 2.34. The zero-order valence-corrected chi connectivity index (χ0v) is 17.9. The van der Waals surface area contributed by atoms with Crippen molar-refractivity contribution in [3.05, 3.63) is 73.6 Å². The van der Waals surface area contributed by atoms with E-state index >= 15 is 0 Å². The Kier molecular flexibility index (Phi) is 5.56. The number of anilines is 1. The number of fused-ring (bicyclic) bond motifs is 1. The number of hydrogen-bond donors (Lipinski definition) is 1. The average Bonchev–Trinajstić information content (AvgIpc) is 3.22. The topological polar surface area (TPSA) is 82.1 Å². The highest BCUT2D eigenvalue weighted by molar-refractivity contribution is 5.98. The summed E-state index contributed by atoms with van der Waals surface area (Å²) in [6.07, 6.45) is 5.63. The Bertz CT molecular complexity index is 1220. The minimum absolute atomic E-state index is 0.231. The largest absolute Gasteiger partial charge is 0.457 e. The Labute approximate surface area is 187 Å². The van der Waals surface area contributed by atoms with E-state index < -0.39 is 0 Å². The molecule has 1 fully saturated rings. The molecule has 2 aromatic heterocycles. The number of nitrogens with two attached hydrogens (primary N) is 1. The third kappa shape index (κ3) is 3.94. The summed E-state index contributed by atoms with van der Waals surface area (Å²) in [6.45, 7) is 6.75. The summed E-state index contributed by atoms with van der Waals surface area (Å²) in [7, 11) is 0. The van der Waals surface area contributed by atoms with E-state index in [0.29, 0.717) is 5.82 Å². The van der Waals surface area contributed by atoms with Crippen LogP contribution < -0.4 is 10.5 Å². The monoisotopic (exact) mass is 426 g/mol. The first kappa shape index (κ1) is 20.2. The van der Waals surface area contributed by atoms with Crippen molar-refractivity contribution in [2.45, 2.75) is 18.9 Å². The average molecular weight is 427 g/mol. The van der Waals surface area contributed by atoms with Crippen LogP contribution in [0, 0.1) is 0 Å². The molecule has 4 aromatic rings. The first-order valence-electron chi connectivity index (χ1n) is 10.9. The Morgan fingerprint density at radius 3 is 2.62 bits per heavy atom. The van der Waals surface area contributed by atoms with E-state index in [0.717, 1.165) is 66.3 Å². The molecule has 0 aliphatic carbocycles. The molecule has 7 nitrogen and oxygen atoms in total. The van der Waals surface area contributed by atoms with Crippen LogP contribution in [-0.2, 0) is 0 Å². The van der Waals surface area contributed by atoms with Crippen LogP contribution in [0.2, 0.25) is 0 Å². The summed E-state index contributed by atoms with van der Waals surface area (Å²) in [5, 5.41) is 5.79. The molecule has 2 aromatic carbocycles. The van der Waals surface area contributed by atoms with Crippen LogP contribution in [0.1, 0.15) is 18.9 Å². The predicted molar refractivity (Wildman–Crippen MR) is 127 cm³/mol. The van der Waals surface area contributed by atoms with Gasteiger partial charge in [-0.3, -0.25) is 4.90 Å². The van der Waals surface area contributed by atoms with Crippen molar-refractivity contribution in [3.8, 4) is 22.8 Å². The lowest BCUT2D eigenvalue weighted by Gasteiger charge is -2.32. The van der Waals surface area contributed by atoms with Gasteiger partial charge in [0, 0.05) is 18.7 Å². The number of piperidine rings is 1. The van der Waals surface area contributed by atoms with Crippen molar-refractivity contribution >= 4 is 16.9 Å². The smallest absolute Gasteiger partial charge is 0.164 e. The Hall–Kier alpha value is -3.71. The molecule has 0 bridgehead atoms. The van der Waals surface area contributed by atoms with E-state index in [1.807, 2.05) is 65.4 Å². The third-order valence-corrected chi connectivity index (χ3v) is 5.84. The molecule has 5 rings (SSSR count). The summed E-state index contributed by atoms with van der Waals surface area (Å²) in [4.78, 5) is 11.2. The lowest BCUT2D eigenvalue weighted by atomic mass is 10.1. The molecule has 0 radical (unpaired) electrons. The van der Waals surface area contributed by atoms with Crippen molar-refractivity contribution in [2.75, 3.05) is 25.4 Å². The SMILES string of the molecule is C=CCN1CCC[C@@H](n2nc(-c3ccc(Oc4ccccc4)cc3)c3c(N)ncnc32)C1. The van der Waals surface area contributed by atoms with Crippen LogP contribution in [0.5, 0.6) is 11.5 Å².